The van der Waals surface area contributed by atoms with Gasteiger partial charge in [0, 0.05) is 0 Å². The fraction of sp³-hybridized carbons (Fsp3) is 0.444. The number of ether oxygens (including phenoxy) is 1. The summed E-state index contributed by atoms with van der Waals surface area (Å²) in [6, 6.07) is 0.132. The van der Waals surface area contributed by atoms with Crippen LogP contribution in [0, 0.1) is 0 Å². The smallest absolute Gasteiger partial charge is 0.351 e. The van der Waals surface area contributed by atoms with Gasteiger partial charge in [-0.05, 0) is 36.0 Å². The highest BCUT2D eigenvalue weighted by atomic mass is 35.5. The first kappa shape index (κ1) is 14.2. The minimum Gasteiger partial charge on any atom is -0.465 e. The quantitative estimate of drug-likeness (QED) is 0.799. The summed E-state index contributed by atoms with van der Waals surface area (Å²) in [6.07, 6.45) is 0. The van der Waals surface area contributed by atoms with E-state index in [0.29, 0.717) is 9.50 Å². The van der Waals surface area contributed by atoms with E-state index in [0.717, 1.165) is 11.3 Å². The molecule has 0 radical (unpaired) electrons. The molecule has 19 heavy (non-hydrogen) atoms. The molecule has 0 spiro atoms. The Bertz CT molecular complexity index is 597. The van der Waals surface area contributed by atoms with Crippen molar-refractivity contribution in [1.82, 2.24) is 25.2 Å². The van der Waals surface area contributed by atoms with Crippen LogP contribution in [0.5, 0.6) is 0 Å². The SMILES string of the molecule is COC(=O)c1sc(Sc2nnnn2C(C)C)nc1Cl. The Balaban J connectivity index is 2.24. The van der Waals surface area contributed by atoms with E-state index in [1.807, 2.05) is 13.8 Å². The van der Waals surface area contributed by atoms with Crippen molar-refractivity contribution in [2.45, 2.75) is 29.4 Å². The van der Waals surface area contributed by atoms with Gasteiger partial charge in [0.25, 0.3) is 0 Å². The molecule has 0 N–H and O–H groups in total. The van der Waals surface area contributed by atoms with E-state index in [9.17, 15) is 4.79 Å². The van der Waals surface area contributed by atoms with Gasteiger partial charge in [0.15, 0.2) is 14.4 Å². The summed E-state index contributed by atoms with van der Waals surface area (Å²) < 4.78 is 6.87. The van der Waals surface area contributed by atoms with Crippen LogP contribution < -0.4 is 0 Å². The van der Waals surface area contributed by atoms with Crippen molar-refractivity contribution in [3.63, 3.8) is 0 Å². The number of nitrogens with zero attached hydrogens (tertiary/aromatic N) is 5. The highest BCUT2D eigenvalue weighted by molar-refractivity contribution is 8.00. The summed E-state index contributed by atoms with van der Waals surface area (Å²) in [5.74, 6) is -0.502. The predicted molar refractivity (Wildman–Crippen MR) is 70.8 cm³/mol. The number of carbonyl (C=O) groups excluding carboxylic acids is 1. The molecule has 0 unspecified atom stereocenters. The molecule has 102 valence electrons. The molecule has 2 aromatic heterocycles. The third-order valence-electron chi connectivity index (χ3n) is 2.07. The second-order valence-electron chi connectivity index (χ2n) is 3.69. The molecular weight excluding hydrogens is 310 g/mol. The molecule has 0 aliphatic carbocycles. The Morgan fingerprint density at radius 2 is 2.26 bits per heavy atom. The van der Waals surface area contributed by atoms with E-state index in [1.54, 1.807) is 4.68 Å². The van der Waals surface area contributed by atoms with Crippen LogP contribution >= 0.6 is 34.7 Å². The molecule has 0 aromatic carbocycles. The van der Waals surface area contributed by atoms with Crippen LogP contribution in [0.1, 0.15) is 29.6 Å². The van der Waals surface area contributed by atoms with Crippen molar-refractivity contribution in [2.24, 2.45) is 0 Å². The predicted octanol–water partition coefficient (Wildman–Crippen LogP) is 2.30. The maximum absolute atomic E-state index is 11.4. The number of rotatable bonds is 4. The first-order valence-electron chi connectivity index (χ1n) is 5.23. The molecule has 0 fully saturated rings. The largest absolute Gasteiger partial charge is 0.465 e. The van der Waals surface area contributed by atoms with Crippen LogP contribution in [0.15, 0.2) is 9.50 Å². The lowest BCUT2D eigenvalue weighted by molar-refractivity contribution is 0.0606. The minimum absolute atomic E-state index is 0.128. The number of halogens is 1. The molecule has 0 atom stereocenters. The molecule has 0 aliphatic heterocycles. The number of tetrazole rings is 1. The maximum Gasteiger partial charge on any atom is 0.351 e. The Labute approximate surface area is 122 Å². The van der Waals surface area contributed by atoms with Gasteiger partial charge in [0.05, 0.1) is 13.2 Å². The van der Waals surface area contributed by atoms with Crippen molar-refractivity contribution >= 4 is 40.7 Å². The van der Waals surface area contributed by atoms with Crippen LogP contribution in [0.3, 0.4) is 0 Å². The summed E-state index contributed by atoms with van der Waals surface area (Å²) in [5.41, 5.74) is 0. The van der Waals surface area contributed by atoms with Crippen LogP contribution in [-0.2, 0) is 4.74 Å². The van der Waals surface area contributed by atoms with E-state index in [-0.39, 0.29) is 16.1 Å². The Morgan fingerprint density at radius 3 is 2.89 bits per heavy atom. The minimum atomic E-state index is -0.502. The summed E-state index contributed by atoms with van der Waals surface area (Å²) in [4.78, 5) is 15.8. The van der Waals surface area contributed by atoms with Crippen molar-refractivity contribution in [3.05, 3.63) is 10.0 Å². The standard InChI is InChI=1S/C9H10ClN5O2S2/c1-4(2)15-8(12-13-14-15)19-9-11-6(10)5(18-9)7(16)17-3/h4H,1-3H3. The molecule has 0 saturated carbocycles. The molecular formula is C9H10ClN5O2S2. The summed E-state index contributed by atoms with van der Waals surface area (Å²) in [7, 11) is 1.30. The number of methoxy groups -OCH3 is 1. The zero-order valence-electron chi connectivity index (χ0n) is 10.3. The lowest BCUT2D eigenvalue weighted by atomic mass is 10.4. The van der Waals surface area contributed by atoms with Gasteiger partial charge in [-0.1, -0.05) is 22.9 Å². The number of aromatic nitrogens is 5. The van der Waals surface area contributed by atoms with Crippen LogP contribution in [0.4, 0.5) is 0 Å². The lowest BCUT2D eigenvalue weighted by Gasteiger charge is -2.04. The number of hydrogen-bond acceptors (Lipinski definition) is 8. The van der Waals surface area contributed by atoms with Gasteiger partial charge in [-0.3, -0.25) is 0 Å². The molecule has 2 aromatic rings. The van der Waals surface area contributed by atoms with Crippen molar-refractivity contribution in [2.75, 3.05) is 7.11 Å². The van der Waals surface area contributed by atoms with Crippen molar-refractivity contribution in [1.29, 1.82) is 0 Å². The third kappa shape index (κ3) is 3.04. The number of thiazole rings is 1. The first-order valence-corrected chi connectivity index (χ1v) is 7.24. The molecule has 0 aliphatic rings. The Morgan fingerprint density at radius 1 is 1.53 bits per heavy atom. The molecule has 2 rings (SSSR count). The molecule has 10 heteroatoms. The van der Waals surface area contributed by atoms with Crippen LogP contribution in [0.25, 0.3) is 0 Å². The van der Waals surface area contributed by atoms with E-state index >= 15 is 0 Å². The lowest BCUT2D eigenvalue weighted by Crippen LogP contribution is -2.04. The fourth-order valence-corrected chi connectivity index (χ4v) is 3.54. The van der Waals surface area contributed by atoms with Crippen molar-refractivity contribution < 1.29 is 9.53 Å². The average Bonchev–Trinajstić information content (AvgIpc) is 2.95. The highest BCUT2D eigenvalue weighted by Crippen LogP contribution is 2.34. The van der Waals surface area contributed by atoms with Gasteiger partial charge in [-0.25, -0.2) is 14.5 Å². The van der Waals surface area contributed by atoms with Gasteiger partial charge in [0.1, 0.15) is 0 Å². The second kappa shape index (κ2) is 5.85. The topological polar surface area (TPSA) is 82.8 Å². The molecule has 0 saturated heterocycles. The van der Waals surface area contributed by atoms with Gasteiger partial charge in [-0.15, -0.1) is 5.10 Å². The Hall–Kier alpha value is -1.19. The Kier molecular flexibility index (Phi) is 4.38. The van der Waals surface area contributed by atoms with Crippen LogP contribution in [-0.4, -0.2) is 38.3 Å². The summed E-state index contributed by atoms with van der Waals surface area (Å²) in [5, 5.41) is 12.1. The van der Waals surface area contributed by atoms with E-state index in [2.05, 4.69) is 25.2 Å². The van der Waals surface area contributed by atoms with E-state index < -0.39 is 5.97 Å². The van der Waals surface area contributed by atoms with Gasteiger partial charge in [-0.2, -0.15) is 0 Å². The normalized spacial score (nSPS) is 11.0. The number of carbonyl (C=O) groups is 1. The van der Waals surface area contributed by atoms with Gasteiger partial charge < -0.3 is 4.74 Å². The zero-order valence-corrected chi connectivity index (χ0v) is 12.7. The molecule has 7 nitrogen and oxygen atoms in total. The first-order chi connectivity index (χ1) is 9.02. The third-order valence-corrected chi connectivity index (χ3v) is 4.50. The second-order valence-corrected chi connectivity index (χ2v) is 6.26. The van der Waals surface area contributed by atoms with E-state index in [1.165, 1.54) is 18.9 Å². The maximum atomic E-state index is 11.4. The van der Waals surface area contributed by atoms with Gasteiger partial charge >= 0.3 is 5.97 Å². The average molecular weight is 320 g/mol. The highest BCUT2D eigenvalue weighted by Gasteiger charge is 2.20. The zero-order chi connectivity index (χ0) is 14.0. The number of hydrogen-bond donors (Lipinski definition) is 0. The summed E-state index contributed by atoms with van der Waals surface area (Å²) >= 11 is 8.29. The van der Waals surface area contributed by atoms with E-state index in [4.69, 9.17) is 11.6 Å². The molecule has 0 bridgehead atoms. The molecule has 0 amide bonds. The molecule has 2 heterocycles. The van der Waals surface area contributed by atoms with Gasteiger partial charge in [0.2, 0.25) is 5.16 Å². The monoisotopic (exact) mass is 319 g/mol. The fourth-order valence-electron chi connectivity index (χ4n) is 1.20. The van der Waals surface area contributed by atoms with Crippen LogP contribution in [0.2, 0.25) is 5.15 Å². The number of esters is 1. The summed E-state index contributed by atoms with van der Waals surface area (Å²) in [6.45, 7) is 3.93. The van der Waals surface area contributed by atoms with Crippen molar-refractivity contribution in [3.8, 4) is 0 Å².